The van der Waals surface area contributed by atoms with Crippen molar-refractivity contribution in [2.24, 2.45) is 0 Å². The van der Waals surface area contributed by atoms with E-state index in [0.29, 0.717) is 42.7 Å². The number of rotatable bonds is 6. The number of Topliss-reactive ketones (excluding diaryl/α,β-unsaturated/α-hetero) is 1. The molecule has 1 amide bonds. The van der Waals surface area contributed by atoms with Crippen LogP contribution in [0, 0.1) is 6.92 Å². The molecule has 2 aromatic carbocycles. The highest BCUT2D eigenvalue weighted by atomic mass is 16.5. The van der Waals surface area contributed by atoms with Crippen LogP contribution in [-0.4, -0.2) is 49.5 Å². The largest absolute Gasteiger partial charge is 0.486 e. The van der Waals surface area contributed by atoms with Crippen molar-refractivity contribution in [3.8, 4) is 5.75 Å². The second kappa shape index (κ2) is 9.25. The summed E-state index contributed by atoms with van der Waals surface area (Å²) in [6, 6.07) is 8.83. The molecule has 3 heterocycles. The number of ketones is 1. The van der Waals surface area contributed by atoms with E-state index < -0.39 is 5.97 Å². The molecule has 192 valence electrons. The summed E-state index contributed by atoms with van der Waals surface area (Å²) in [4.78, 5) is 44.9. The zero-order valence-corrected chi connectivity index (χ0v) is 20.5. The Morgan fingerprint density at radius 2 is 2.08 bits per heavy atom. The molecule has 0 saturated carbocycles. The molecule has 2 aliphatic rings. The van der Waals surface area contributed by atoms with Crippen molar-refractivity contribution in [1.29, 1.82) is 0 Å². The van der Waals surface area contributed by atoms with Crippen molar-refractivity contribution in [1.82, 2.24) is 25.5 Å². The van der Waals surface area contributed by atoms with Gasteiger partial charge in [-0.05, 0) is 60.2 Å². The van der Waals surface area contributed by atoms with Gasteiger partial charge >= 0.3 is 5.97 Å². The fraction of sp³-hybridized carbons (Fsp3) is 0.259. The van der Waals surface area contributed by atoms with E-state index in [1.165, 1.54) is 6.33 Å². The van der Waals surface area contributed by atoms with E-state index in [2.05, 4.69) is 30.8 Å². The minimum atomic E-state index is -0.958. The number of hydrogen-bond donors (Lipinski definition) is 4. The van der Waals surface area contributed by atoms with Crippen LogP contribution in [0.3, 0.4) is 0 Å². The molecule has 0 saturated heterocycles. The summed E-state index contributed by atoms with van der Waals surface area (Å²) in [5, 5.41) is 22.9. The fourth-order valence-corrected chi connectivity index (χ4v) is 5.25. The zero-order chi connectivity index (χ0) is 26.4. The van der Waals surface area contributed by atoms with Crippen LogP contribution in [0.15, 0.2) is 36.7 Å². The molecule has 38 heavy (non-hydrogen) atoms. The molecule has 11 heteroatoms. The van der Waals surface area contributed by atoms with Crippen LogP contribution in [0.25, 0.3) is 11.0 Å². The number of carbonyl (C=O) groups excluding carboxylic acids is 2. The molecule has 4 N–H and O–H groups in total. The summed E-state index contributed by atoms with van der Waals surface area (Å²) in [7, 11) is 0. The highest BCUT2D eigenvalue weighted by Crippen LogP contribution is 2.35. The van der Waals surface area contributed by atoms with Crippen molar-refractivity contribution < 1.29 is 24.2 Å². The molecule has 2 aromatic heterocycles. The minimum Gasteiger partial charge on any atom is -0.486 e. The van der Waals surface area contributed by atoms with Gasteiger partial charge in [-0.15, -0.1) is 0 Å². The third-order valence-electron chi connectivity index (χ3n) is 7.16. The topological polar surface area (TPSA) is 159 Å². The van der Waals surface area contributed by atoms with E-state index in [0.717, 1.165) is 33.6 Å². The summed E-state index contributed by atoms with van der Waals surface area (Å²) in [5.74, 6) is -0.0798. The predicted octanol–water partition coefficient (Wildman–Crippen LogP) is 2.89. The second-order valence-electron chi connectivity index (χ2n) is 9.49. The normalized spacial score (nSPS) is 16.0. The lowest BCUT2D eigenvalue weighted by Gasteiger charge is -2.17. The molecule has 4 aromatic rings. The second-order valence-corrected chi connectivity index (χ2v) is 9.49. The van der Waals surface area contributed by atoms with Crippen molar-refractivity contribution in [2.45, 2.75) is 38.8 Å². The number of carboxylic acid groups (broad SMARTS) is 1. The van der Waals surface area contributed by atoms with Gasteiger partial charge in [0.2, 0.25) is 0 Å². The first kappa shape index (κ1) is 23.6. The maximum absolute atomic E-state index is 13.2. The quantitative estimate of drug-likeness (QED) is 0.305. The minimum absolute atomic E-state index is 0.0460. The van der Waals surface area contributed by atoms with Crippen molar-refractivity contribution in [2.75, 3.05) is 11.9 Å². The standard InChI is InChI=1S/C27H24N6O5/c1-13-17-5-6-20(19(17)4-3-18(13)27(36)37)31-26(35)24-22-23(29-12-30-24)25(33-32-22)28-10-14-2-7-21-15(8-14)9-16(34)11-38-21/h2-4,7-8,12,20H,5-6,9-11H2,1H3,(H,31,35)(H,36,37)(H2,28,32,33)/t20-/m0/s1. The van der Waals surface area contributed by atoms with Crippen molar-refractivity contribution in [3.63, 3.8) is 0 Å². The van der Waals surface area contributed by atoms with Gasteiger partial charge in [-0.2, -0.15) is 5.10 Å². The number of amides is 1. The maximum atomic E-state index is 13.2. The lowest BCUT2D eigenvalue weighted by atomic mass is 9.98. The SMILES string of the molecule is Cc1c(C(=O)O)ccc2c1CC[C@@H]2NC(=O)c1ncnc2c(NCc3ccc4c(c3)CC(=O)CO4)n[nH]c12. The van der Waals surface area contributed by atoms with Crippen LogP contribution < -0.4 is 15.4 Å². The Hall–Kier alpha value is -4.80. The number of ether oxygens (including phenoxy) is 1. The first-order valence-corrected chi connectivity index (χ1v) is 12.2. The van der Waals surface area contributed by atoms with Gasteiger partial charge in [0.15, 0.2) is 17.3 Å². The number of carbonyl (C=O) groups is 3. The van der Waals surface area contributed by atoms with Gasteiger partial charge in [0.1, 0.15) is 29.7 Å². The molecular formula is C27H24N6O5. The van der Waals surface area contributed by atoms with Crippen molar-refractivity contribution in [3.05, 3.63) is 75.7 Å². The number of carboxylic acids is 1. The van der Waals surface area contributed by atoms with Crippen LogP contribution >= 0.6 is 0 Å². The number of benzene rings is 2. The van der Waals surface area contributed by atoms with Gasteiger partial charge in [-0.3, -0.25) is 14.7 Å². The number of aromatic nitrogens is 4. The van der Waals surface area contributed by atoms with Crippen LogP contribution in [0.2, 0.25) is 0 Å². The zero-order valence-electron chi connectivity index (χ0n) is 20.5. The molecule has 0 unspecified atom stereocenters. The molecule has 11 nitrogen and oxygen atoms in total. The van der Waals surface area contributed by atoms with E-state index in [4.69, 9.17) is 4.74 Å². The van der Waals surface area contributed by atoms with E-state index in [9.17, 15) is 19.5 Å². The number of nitrogens with zero attached hydrogens (tertiary/aromatic N) is 3. The monoisotopic (exact) mass is 512 g/mol. The van der Waals surface area contributed by atoms with E-state index in [1.807, 2.05) is 18.2 Å². The third-order valence-corrected chi connectivity index (χ3v) is 7.16. The number of hydrogen-bond acceptors (Lipinski definition) is 8. The molecule has 1 atom stereocenters. The summed E-state index contributed by atoms with van der Waals surface area (Å²) >= 11 is 0. The van der Waals surface area contributed by atoms with E-state index in [-0.39, 0.29) is 35.6 Å². The van der Waals surface area contributed by atoms with Gasteiger partial charge in [0.25, 0.3) is 5.91 Å². The average molecular weight is 513 g/mol. The molecular weight excluding hydrogens is 488 g/mol. The van der Waals surface area contributed by atoms with Gasteiger partial charge in [0.05, 0.1) is 11.6 Å². The number of nitrogens with one attached hydrogen (secondary N) is 3. The van der Waals surface area contributed by atoms with Crippen LogP contribution in [0.5, 0.6) is 5.75 Å². The van der Waals surface area contributed by atoms with E-state index >= 15 is 0 Å². The Kier molecular flexibility index (Phi) is 5.74. The molecule has 1 aliphatic carbocycles. The fourth-order valence-electron chi connectivity index (χ4n) is 5.25. The summed E-state index contributed by atoms with van der Waals surface area (Å²) < 4.78 is 5.46. The number of fused-ring (bicyclic) bond motifs is 3. The van der Waals surface area contributed by atoms with Gasteiger partial charge in [-0.1, -0.05) is 12.1 Å². The van der Waals surface area contributed by atoms with E-state index in [1.54, 1.807) is 19.1 Å². The highest BCUT2D eigenvalue weighted by molar-refractivity contribution is 6.05. The first-order chi connectivity index (χ1) is 18.4. The van der Waals surface area contributed by atoms with Crippen LogP contribution in [0.4, 0.5) is 5.82 Å². The third kappa shape index (κ3) is 4.11. The Labute approximate surface area is 216 Å². The van der Waals surface area contributed by atoms with Gasteiger partial charge in [0, 0.05) is 18.5 Å². The summed E-state index contributed by atoms with van der Waals surface area (Å²) in [6.45, 7) is 2.35. The highest BCUT2D eigenvalue weighted by Gasteiger charge is 2.29. The van der Waals surface area contributed by atoms with Gasteiger partial charge < -0.3 is 20.5 Å². The van der Waals surface area contributed by atoms with Crippen LogP contribution in [-0.2, 0) is 24.2 Å². The number of anilines is 1. The smallest absolute Gasteiger partial charge is 0.335 e. The first-order valence-electron chi connectivity index (χ1n) is 12.2. The number of H-pyrrole nitrogens is 1. The Morgan fingerprint density at radius 3 is 2.92 bits per heavy atom. The maximum Gasteiger partial charge on any atom is 0.335 e. The summed E-state index contributed by atoms with van der Waals surface area (Å²) in [5.41, 5.74) is 5.78. The molecule has 0 radical (unpaired) electrons. The van der Waals surface area contributed by atoms with Crippen LogP contribution in [0.1, 0.15) is 61.1 Å². The average Bonchev–Trinajstić information content (AvgIpc) is 3.51. The van der Waals surface area contributed by atoms with Crippen molar-refractivity contribution >= 4 is 34.5 Å². The molecule has 0 spiro atoms. The molecule has 1 aliphatic heterocycles. The Morgan fingerprint density at radius 1 is 1.21 bits per heavy atom. The lowest BCUT2D eigenvalue weighted by molar-refractivity contribution is -0.121. The molecule has 6 rings (SSSR count). The lowest BCUT2D eigenvalue weighted by Crippen LogP contribution is -2.28. The number of aromatic carboxylic acids is 1. The summed E-state index contributed by atoms with van der Waals surface area (Å²) in [6.07, 6.45) is 3.04. The number of aromatic amines is 1. The van der Waals surface area contributed by atoms with Gasteiger partial charge in [-0.25, -0.2) is 14.8 Å². The molecule has 0 bridgehead atoms. The molecule has 0 fully saturated rings. The Balaban J connectivity index is 1.19. The Bertz CT molecular complexity index is 1630. The predicted molar refractivity (Wildman–Crippen MR) is 136 cm³/mol.